The second kappa shape index (κ2) is 13.4. The van der Waals surface area contributed by atoms with Crippen LogP contribution in [-0.2, 0) is 23.9 Å². The van der Waals surface area contributed by atoms with E-state index in [9.17, 15) is 22.8 Å². The molecule has 0 bridgehead atoms. The number of aromatic nitrogens is 1. The van der Waals surface area contributed by atoms with Crippen LogP contribution < -0.4 is 4.74 Å². The number of nitrogens with zero attached hydrogens (tertiary/aromatic N) is 2. The number of carbonyl (C=O) groups is 2. The molecule has 0 fully saturated rings. The van der Waals surface area contributed by atoms with E-state index in [1.54, 1.807) is 4.90 Å². The number of amides is 2. The molecule has 216 valence electrons. The van der Waals surface area contributed by atoms with Gasteiger partial charge in [-0.1, -0.05) is 37.3 Å². The van der Waals surface area contributed by atoms with Crippen molar-refractivity contribution in [3.05, 3.63) is 101 Å². The molecule has 1 heterocycles. The first-order valence-electron chi connectivity index (χ1n) is 13.7. The van der Waals surface area contributed by atoms with Gasteiger partial charge in [-0.2, -0.15) is 13.2 Å². The van der Waals surface area contributed by atoms with Gasteiger partial charge >= 0.3 is 6.18 Å². The normalized spacial score (nSPS) is 11.4. The van der Waals surface area contributed by atoms with Gasteiger partial charge in [0, 0.05) is 42.3 Å². The van der Waals surface area contributed by atoms with Gasteiger partial charge in [-0.15, -0.1) is 0 Å². The maximum Gasteiger partial charge on any atom is 0.416 e. The van der Waals surface area contributed by atoms with Gasteiger partial charge in [0.1, 0.15) is 12.3 Å². The lowest BCUT2D eigenvalue weighted by Crippen LogP contribution is -2.43. The van der Waals surface area contributed by atoms with E-state index < -0.39 is 17.6 Å². The molecule has 0 saturated carbocycles. The van der Waals surface area contributed by atoms with Crippen molar-refractivity contribution in [2.24, 2.45) is 0 Å². The molecular weight excluding hydrogens is 531 g/mol. The largest absolute Gasteiger partial charge is 0.494 e. The fourth-order valence-corrected chi connectivity index (χ4v) is 4.73. The Morgan fingerprint density at radius 2 is 1.59 bits per heavy atom. The van der Waals surface area contributed by atoms with E-state index in [-0.39, 0.29) is 18.0 Å². The molecule has 1 aromatic heterocycles. The Morgan fingerprint density at radius 3 is 2.24 bits per heavy atom. The summed E-state index contributed by atoms with van der Waals surface area (Å²) in [7, 11) is 0. The Kier molecular flexibility index (Phi) is 9.70. The first kappa shape index (κ1) is 29.7. The molecular formula is C32H34F3N3O3. The summed E-state index contributed by atoms with van der Waals surface area (Å²) in [5.41, 5.74) is 2.29. The minimum absolute atomic E-state index is 0.108. The highest BCUT2D eigenvalue weighted by Crippen LogP contribution is 2.29. The van der Waals surface area contributed by atoms with Gasteiger partial charge in [0.15, 0.2) is 0 Å². The van der Waals surface area contributed by atoms with Crippen LogP contribution in [0.2, 0.25) is 0 Å². The molecule has 0 saturated heterocycles. The van der Waals surface area contributed by atoms with Crippen molar-refractivity contribution in [1.29, 1.82) is 0 Å². The van der Waals surface area contributed by atoms with Gasteiger partial charge in [0.05, 0.1) is 12.2 Å². The standard InChI is InChI=1S/C32H34F3N3O3/c1-3-18-38(31(40)24-11-13-26(14-12-24)32(33,34)35)22-30(39)37(21-23-9-15-27(16-10-23)41-4-2)19-17-25-20-36-29-8-6-5-7-28(25)29/h5-16,20,36H,3-4,17-19,21-22H2,1-2H3. The molecule has 4 rings (SSSR count). The highest BCUT2D eigenvalue weighted by Gasteiger charge is 2.30. The second-order valence-electron chi connectivity index (χ2n) is 9.80. The van der Waals surface area contributed by atoms with E-state index in [2.05, 4.69) is 4.98 Å². The number of carbonyl (C=O) groups excluding carboxylic acids is 2. The molecule has 2 amide bonds. The van der Waals surface area contributed by atoms with Crippen LogP contribution in [0.1, 0.15) is 47.3 Å². The van der Waals surface area contributed by atoms with Crippen LogP contribution in [0, 0.1) is 0 Å². The highest BCUT2D eigenvalue weighted by molar-refractivity contribution is 5.96. The quantitative estimate of drug-likeness (QED) is 0.208. The first-order chi connectivity index (χ1) is 19.7. The Morgan fingerprint density at radius 1 is 0.878 bits per heavy atom. The van der Waals surface area contributed by atoms with Crippen molar-refractivity contribution < 1.29 is 27.5 Å². The molecule has 3 aromatic carbocycles. The summed E-state index contributed by atoms with van der Waals surface area (Å²) in [4.78, 5) is 33.3. The zero-order valence-corrected chi connectivity index (χ0v) is 23.2. The van der Waals surface area contributed by atoms with Crippen LogP contribution in [0.4, 0.5) is 13.2 Å². The first-order valence-corrected chi connectivity index (χ1v) is 13.7. The van der Waals surface area contributed by atoms with Crippen LogP contribution >= 0.6 is 0 Å². The predicted octanol–water partition coefficient (Wildman–Crippen LogP) is 6.71. The van der Waals surface area contributed by atoms with Crippen molar-refractivity contribution in [2.75, 3.05) is 26.2 Å². The van der Waals surface area contributed by atoms with Gasteiger partial charge in [-0.25, -0.2) is 0 Å². The van der Waals surface area contributed by atoms with Crippen molar-refractivity contribution in [1.82, 2.24) is 14.8 Å². The molecule has 0 atom stereocenters. The number of alkyl halides is 3. The van der Waals surface area contributed by atoms with E-state index in [0.717, 1.165) is 52.0 Å². The topological polar surface area (TPSA) is 65.6 Å². The van der Waals surface area contributed by atoms with E-state index in [1.165, 1.54) is 4.90 Å². The summed E-state index contributed by atoms with van der Waals surface area (Å²) < 4.78 is 44.6. The minimum Gasteiger partial charge on any atom is -0.494 e. The number of hydrogen-bond acceptors (Lipinski definition) is 3. The summed E-state index contributed by atoms with van der Waals surface area (Å²) in [5.74, 6) is 0.0168. The van der Waals surface area contributed by atoms with Crippen molar-refractivity contribution in [3.63, 3.8) is 0 Å². The Labute approximate surface area is 237 Å². The molecule has 0 aliphatic heterocycles. The summed E-state index contributed by atoms with van der Waals surface area (Å²) >= 11 is 0. The molecule has 4 aromatic rings. The van der Waals surface area contributed by atoms with Crippen molar-refractivity contribution in [2.45, 2.75) is 39.4 Å². The number of H-pyrrole nitrogens is 1. The molecule has 41 heavy (non-hydrogen) atoms. The third-order valence-electron chi connectivity index (χ3n) is 6.85. The molecule has 9 heteroatoms. The highest BCUT2D eigenvalue weighted by atomic mass is 19.4. The third kappa shape index (κ3) is 7.68. The molecule has 0 aliphatic carbocycles. The number of para-hydroxylation sites is 1. The zero-order chi connectivity index (χ0) is 29.4. The van der Waals surface area contributed by atoms with Gasteiger partial charge in [0.25, 0.3) is 5.91 Å². The zero-order valence-electron chi connectivity index (χ0n) is 23.2. The Balaban J connectivity index is 1.53. The van der Waals surface area contributed by atoms with Crippen LogP contribution in [0.5, 0.6) is 5.75 Å². The lowest BCUT2D eigenvalue weighted by molar-refractivity contribution is -0.137. The third-order valence-corrected chi connectivity index (χ3v) is 6.85. The number of hydrogen-bond donors (Lipinski definition) is 1. The van der Waals surface area contributed by atoms with Crippen LogP contribution in [0.15, 0.2) is 79.0 Å². The fraction of sp³-hybridized carbons (Fsp3) is 0.312. The lowest BCUT2D eigenvalue weighted by Gasteiger charge is -2.28. The summed E-state index contributed by atoms with van der Waals surface area (Å²) in [6.07, 6.45) is -1.35. The second-order valence-corrected chi connectivity index (χ2v) is 9.80. The van der Waals surface area contributed by atoms with Gasteiger partial charge in [-0.05, 0) is 73.4 Å². The number of aromatic amines is 1. The van der Waals surface area contributed by atoms with Crippen LogP contribution in [-0.4, -0.2) is 52.8 Å². The maximum absolute atomic E-state index is 13.7. The number of benzene rings is 3. The molecule has 1 N–H and O–H groups in total. The fourth-order valence-electron chi connectivity index (χ4n) is 4.73. The van der Waals surface area contributed by atoms with Crippen LogP contribution in [0.25, 0.3) is 10.9 Å². The number of rotatable bonds is 12. The van der Waals surface area contributed by atoms with Crippen molar-refractivity contribution >= 4 is 22.7 Å². The van der Waals surface area contributed by atoms with E-state index in [1.807, 2.05) is 68.6 Å². The number of halogens is 3. The van der Waals surface area contributed by atoms with Crippen molar-refractivity contribution in [3.8, 4) is 5.75 Å². The number of ether oxygens (including phenoxy) is 1. The van der Waals surface area contributed by atoms with E-state index in [0.29, 0.717) is 39.1 Å². The number of nitrogens with one attached hydrogen (secondary N) is 1. The van der Waals surface area contributed by atoms with Gasteiger partial charge in [0.2, 0.25) is 5.91 Å². The smallest absolute Gasteiger partial charge is 0.416 e. The molecule has 0 unspecified atom stereocenters. The number of fused-ring (bicyclic) bond motifs is 1. The van der Waals surface area contributed by atoms with Crippen LogP contribution in [0.3, 0.4) is 0 Å². The Bertz CT molecular complexity index is 1450. The average molecular weight is 566 g/mol. The summed E-state index contributed by atoms with van der Waals surface area (Å²) in [5, 5.41) is 1.09. The average Bonchev–Trinajstić information content (AvgIpc) is 3.38. The van der Waals surface area contributed by atoms with Gasteiger partial charge in [-0.3, -0.25) is 9.59 Å². The van der Waals surface area contributed by atoms with Gasteiger partial charge < -0.3 is 19.5 Å². The SMILES string of the molecule is CCCN(CC(=O)N(CCc1c[nH]c2ccccc12)Cc1ccc(OCC)cc1)C(=O)c1ccc(C(F)(F)F)cc1. The molecule has 0 radical (unpaired) electrons. The predicted molar refractivity (Wildman–Crippen MR) is 153 cm³/mol. The lowest BCUT2D eigenvalue weighted by atomic mass is 10.1. The monoisotopic (exact) mass is 565 g/mol. The summed E-state index contributed by atoms with van der Waals surface area (Å²) in [6.45, 7) is 5.21. The molecule has 6 nitrogen and oxygen atoms in total. The molecule has 0 spiro atoms. The molecule has 0 aliphatic rings. The maximum atomic E-state index is 13.7. The Hall–Kier alpha value is -4.27. The van der Waals surface area contributed by atoms with E-state index >= 15 is 0 Å². The van der Waals surface area contributed by atoms with E-state index in [4.69, 9.17) is 4.74 Å². The minimum atomic E-state index is -4.49. The summed E-state index contributed by atoms with van der Waals surface area (Å²) in [6, 6.07) is 19.6.